The molecule has 0 aliphatic rings. The number of benzene rings is 2. The van der Waals surface area contributed by atoms with Crippen LogP contribution in [-0.2, 0) is 5.60 Å². The van der Waals surface area contributed by atoms with Gasteiger partial charge in [0.15, 0.2) is 0 Å². The van der Waals surface area contributed by atoms with Gasteiger partial charge in [-0.25, -0.2) is 0 Å². The lowest BCUT2D eigenvalue weighted by Gasteiger charge is -2.33. The van der Waals surface area contributed by atoms with E-state index in [4.69, 9.17) is 11.6 Å². The maximum absolute atomic E-state index is 11.4. The molecule has 0 radical (unpaired) electrons. The van der Waals surface area contributed by atoms with E-state index in [1.165, 1.54) is 0 Å². The van der Waals surface area contributed by atoms with Gasteiger partial charge in [-0.05, 0) is 42.3 Å². The lowest BCUT2D eigenvalue weighted by atomic mass is 9.76. The van der Waals surface area contributed by atoms with Crippen molar-refractivity contribution in [2.75, 3.05) is 0 Å². The predicted octanol–water partition coefficient (Wildman–Crippen LogP) is 4.77. The monoisotopic (exact) mass is 323 g/mol. The van der Waals surface area contributed by atoms with Crippen molar-refractivity contribution in [1.82, 2.24) is 4.98 Å². The van der Waals surface area contributed by atoms with Gasteiger partial charge in [-0.2, -0.15) is 0 Å². The zero-order chi connectivity index (χ0) is 16.3. The first-order valence-corrected chi connectivity index (χ1v) is 7.91. The quantitative estimate of drug-likeness (QED) is 0.750. The van der Waals surface area contributed by atoms with Crippen LogP contribution in [0.25, 0.3) is 0 Å². The van der Waals surface area contributed by atoms with Gasteiger partial charge in [0.25, 0.3) is 0 Å². The van der Waals surface area contributed by atoms with Gasteiger partial charge in [-0.15, -0.1) is 0 Å². The smallest absolute Gasteiger partial charge is 0.0992 e. The van der Waals surface area contributed by atoms with Crippen molar-refractivity contribution in [3.8, 4) is 0 Å². The molecule has 0 saturated carbocycles. The molecule has 0 fully saturated rings. The zero-order valence-corrected chi connectivity index (χ0v) is 13.6. The van der Waals surface area contributed by atoms with Gasteiger partial charge in [0.1, 0.15) is 0 Å². The van der Waals surface area contributed by atoms with E-state index in [2.05, 4.69) is 4.98 Å². The molecule has 2 nitrogen and oxygen atoms in total. The average molecular weight is 324 g/mol. The summed E-state index contributed by atoms with van der Waals surface area (Å²) in [6.45, 7) is 1.82. The van der Waals surface area contributed by atoms with Gasteiger partial charge >= 0.3 is 0 Å². The molecule has 0 spiro atoms. The Morgan fingerprint density at radius 1 is 0.913 bits per heavy atom. The summed E-state index contributed by atoms with van der Waals surface area (Å²) >= 11 is 5.98. The molecule has 3 rings (SSSR count). The summed E-state index contributed by atoms with van der Waals surface area (Å²) in [6, 6.07) is 23.0. The Kier molecular flexibility index (Phi) is 4.46. The minimum absolute atomic E-state index is 0.272. The summed E-state index contributed by atoms with van der Waals surface area (Å²) in [6.07, 6.45) is 1.75. The lowest BCUT2D eigenvalue weighted by Crippen LogP contribution is -2.31. The first kappa shape index (κ1) is 15.7. The van der Waals surface area contributed by atoms with Crippen LogP contribution < -0.4 is 0 Å². The van der Waals surface area contributed by atoms with Crippen molar-refractivity contribution in [2.45, 2.75) is 18.4 Å². The summed E-state index contributed by atoms with van der Waals surface area (Å²) in [4.78, 5) is 4.48. The molecule has 3 aromatic rings. The molecule has 0 aliphatic carbocycles. The molecular weight excluding hydrogens is 306 g/mol. The Balaban J connectivity index is 2.13. The summed E-state index contributed by atoms with van der Waals surface area (Å²) < 4.78 is 0. The fourth-order valence-electron chi connectivity index (χ4n) is 2.93. The Labute approximate surface area is 141 Å². The zero-order valence-electron chi connectivity index (χ0n) is 12.9. The van der Waals surface area contributed by atoms with Gasteiger partial charge in [0, 0.05) is 11.2 Å². The molecule has 0 bridgehead atoms. The standard InChI is InChI=1S/C20H18ClNO/c1-20(23,16-10-12-17(21)13-11-16)19(15-7-3-2-4-8-15)18-9-5-6-14-22-18/h2-14,19,23H,1H3/t19-,20+/m1/s1. The molecule has 3 heteroatoms. The van der Waals surface area contributed by atoms with Crippen molar-refractivity contribution < 1.29 is 5.11 Å². The molecule has 1 N–H and O–H groups in total. The largest absolute Gasteiger partial charge is 0.384 e. The number of aliphatic hydroxyl groups is 1. The topological polar surface area (TPSA) is 33.1 Å². The number of pyridine rings is 1. The van der Waals surface area contributed by atoms with Crippen molar-refractivity contribution in [2.24, 2.45) is 0 Å². The van der Waals surface area contributed by atoms with Crippen molar-refractivity contribution >= 4 is 11.6 Å². The minimum atomic E-state index is -1.11. The van der Waals surface area contributed by atoms with Crippen LogP contribution in [-0.4, -0.2) is 10.1 Å². The third kappa shape index (κ3) is 3.29. The van der Waals surface area contributed by atoms with Crippen LogP contribution in [0.2, 0.25) is 5.02 Å². The van der Waals surface area contributed by atoms with E-state index >= 15 is 0 Å². The predicted molar refractivity (Wildman–Crippen MR) is 93.5 cm³/mol. The van der Waals surface area contributed by atoms with E-state index in [0.717, 1.165) is 16.8 Å². The summed E-state index contributed by atoms with van der Waals surface area (Å²) in [5.41, 5.74) is 1.55. The molecular formula is C20H18ClNO. The molecule has 1 aromatic heterocycles. The molecule has 0 amide bonds. The second kappa shape index (κ2) is 6.53. The van der Waals surface area contributed by atoms with Gasteiger partial charge < -0.3 is 5.11 Å². The summed E-state index contributed by atoms with van der Waals surface area (Å²) in [5, 5.41) is 12.0. The third-order valence-electron chi connectivity index (χ3n) is 4.11. The van der Waals surface area contributed by atoms with Crippen LogP contribution in [0.4, 0.5) is 0 Å². The molecule has 1 heterocycles. The fourth-order valence-corrected chi connectivity index (χ4v) is 3.06. The number of aromatic nitrogens is 1. The van der Waals surface area contributed by atoms with Crippen molar-refractivity contribution in [3.05, 3.63) is 101 Å². The maximum Gasteiger partial charge on any atom is 0.0992 e. The van der Waals surface area contributed by atoms with Gasteiger partial charge in [0.2, 0.25) is 0 Å². The molecule has 0 aliphatic heterocycles. The van der Waals surface area contributed by atoms with Crippen LogP contribution >= 0.6 is 11.6 Å². The first-order chi connectivity index (χ1) is 11.1. The maximum atomic E-state index is 11.4. The van der Waals surface area contributed by atoms with Crippen molar-refractivity contribution in [3.63, 3.8) is 0 Å². The highest BCUT2D eigenvalue weighted by atomic mass is 35.5. The highest BCUT2D eigenvalue weighted by Crippen LogP contribution is 2.40. The van der Waals surface area contributed by atoms with E-state index in [1.54, 1.807) is 18.3 Å². The molecule has 0 saturated heterocycles. The Morgan fingerprint density at radius 3 is 2.17 bits per heavy atom. The fraction of sp³-hybridized carbons (Fsp3) is 0.150. The van der Waals surface area contributed by atoms with Crippen molar-refractivity contribution in [1.29, 1.82) is 0 Å². The van der Waals surface area contributed by atoms with E-state index in [9.17, 15) is 5.11 Å². The third-order valence-corrected chi connectivity index (χ3v) is 4.36. The Bertz CT molecular complexity index is 715. The van der Waals surface area contributed by atoms with Gasteiger partial charge in [0.05, 0.1) is 17.2 Å². The molecule has 2 atom stereocenters. The van der Waals surface area contributed by atoms with Crippen LogP contribution in [0.1, 0.15) is 29.7 Å². The second-order valence-electron chi connectivity index (χ2n) is 5.75. The number of rotatable bonds is 4. The van der Waals surface area contributed by atoms with E-state index in [0.29, 0.717) is 5.02 Å². The van der Waals surface area contributed by atoms with Crippen LogP contribution in [0, 0.1) is 0 Å². The highest BCUT2D eigenvalue weighted by Gasteiger charge is 2.36. The molecule has 2 aromatic carbocycles. The summed E-state index contributed by atoms with van der Waals surface area (Å²) in [7, 11) is 0. The minimum Gasteiger partial charge on any atom is -0.384 e. The normalized spacial score (nSPS) is 14.9. The number of nitrogens with zero attached hydrogens (tertiary/aromatic N) is 1. The van der Waals surface area contributed by atoms with Crippen LogP contribution in [0.15, 0.2) is 79.0 Å². The Morgan fingerprint density at radius 2 is 1.57 bits per heavy atom. The number of hydrogen-bond donors (Lipinski definition) is 1. The van der Waals surface area contributed by atoms with Crippen LogP contribution in [0.3, 0.4) is 0 Å². The van der Waals surface area contributed by atoms with E-state index in [1.807, 2.05) is 67.6 Å². The first-order valence-electron chi connectivity index (χ1n) is 7.53. The van der Waals surface area contributed by atoms with E-state index in [-0.39, 0.29) is 5.92 Å². The molecule has 23 heavy (non-hydrogen) atoms. The SMILES string of the molecule is C[C@](O)(c1ccc(Cl)cc1)[C@H](c1ccccc1)c1ccccn1. The molecule has 0 unspecified atom stereocenters. The number of halogens is 1. The highest BCUT2D eigenvalue weighted by molar-refractivity contribution is 6.30. The second-order valence-corrected chi connectivity index (χ2v) is 6.19. The average Bonchev–Trinajstić information content (AvgIpc) is 2.57. The van der Waals surface area contributed by atoms with Gasteiger partial charge in [-0.1, -0.05) is 60.1 Å². The summed E-state index contributed by atoms with van der Waals surface area (Å²) in [5.74, 6) is -0.272. The lowest BCUT2D eigenvalue weighted by molar-refractivity contribution is 0.0380. The van der Waals surface area contributed by atoms with Gasteiger partial charge in [-0.3, -0.25) is 4.98 Å². The molecule has 116 valence electrons. The van der Waals surface area contributed by atoms with E-state index < -0.39 is 5.60 Å². The number of hydrogen-bond acceptors (Lipinski definition) is 2. The van der Waals surface area contributed by atoms with Crippen LogP contribution in [0.5, 0.6) is 0 Å². The Hall–Kier alpha value is -2.16.